The Labute approximate surface area is 147 Å². The lowest BCUT2D eigenvalue weighted by Gasteiger charge is -2.07. The van der Waals surface area contributed by atoms with E-state index in [9.17, 15) is 19.3 Å². The van der Waals surface area contributed by atoms with E-state index in [1.165, 1.54) is 22.6 Å². The molecule has 0 saturated heterocycles. The second-order valence-electron chi connectivity index (χ2n) is 5.62. The van der Waals surface area contributed by atoms with E-state index in [4.69, 9.17) is 0 Å². The molecule has 0 spiro atoms. The van der Waals surface area contributed by atoms with Crippen molar-refractivity contribution < 1.29 is 14.1 Å². The highest BCUT2D eigenvalue weighted by Crippen LogP contribution is 2.24. The van der Waals surface area contributed by atoms with Crippen LogP contribution in [0.1, 0.15) is 15.9 Å². The van der Waals surface area contributed by atoms with E-state index >= 15 is 0 Å². The van der Waals surface area contributed by atoms with Crippen LogP contribution in [0.2, 0.25) is 0 Å². The standard InChI is InChI=1S/C17H16FN5O3/c1-11-5-6-12(10-13(11)18)16(24)20-8-7-19-15-17(23(25)26)22-9-3-2-4-14(22)21-15/h2-6,9-10,19H,7-8H2,1H3,(H,20,24). The number of pyridine rings is 1. The zero-order valence-electron chi connectivity index (χ0n) is 13.9. The second-order valence-corrected chi connectivity index (χ2v) is 5.62. The Hall–Kier alpha value is -3.49. The van der Waals surface area contributed by atoms with Crippen LogP contribution < -0.4 is 10.6 Å². The Morgan fingerprint density at radius 2 is 2.12 bits per heavy atom. The molecule has 2 heterocycles. The Morgan fingerprint density at radius 3 is 2.85 bits per heavy atom. The number of rotatable bonds is 6. The third kappa shape index (κ3) is 3.46. The summed E-state index contributed by atoms with van der Waals surface area (Å²) in [6.45, 7) is 2.03. The predicted molar refractivity (Wildman–Crippen MR) is 93.8 cm³/mol. The number of nitro groups is 1. The zero-order valence-corrected chi connectivity index (χ0v) is 13.9. The quantitative estimate of drug-likeness (QED) is 0.401. The highest BCUT2D eigenvalue weighted by atomic mass is 19.1. The molecule has 0 atom stereocenters. The summed E-state index contributed by atoms with van der Waals surface area (Å²) in [5.74, 6) is -0.921. The van der Waals surface area contributed by atoms with Crippen LogP contribution >= 0.6 is 0 Å². The van der Waals surface area contributed by atoms with Crippen molar-refractivity contribution in [2.75, 3.05) is 18.4 Å². The van der Waals surface area contributed by atoms with Gasteiger partial charge in [-0.2, -0.15) is 9.38 Å². The number of amides is 1. The fraction of sp³-hybridized carbons (Fsp3) is 0.176. The Bertz CT molecular complexity index is 986. The summed E-state index contributed by atoms with van der Waals surface area (Å²) in [6.07, 6.45) is 1.55. The van der Waals surface area contributed by atoms with Crippen molar-refractivity contribution in [1.82, 2.24) is 14.7 Å². The van der Waals surface area contributed by atoms with Crippen LogP contribution in [0.5, 0.6) is 0 Å². The van der Waals surface area contributed by atoms with Gasteiger partial charge >= 0.3 is 5.82 Å². The van der Waals surface area contributed by atoms with Crippen LogP contribution in [0.3, 0.4) is 0 Å². The fourth-order valence-corrected chi connectivity index (χ4v) is 2.47. The van der Waals surface area contributed by atoms with Gasteiger partial charge in [0.15, 0.2) is 0 Å². The number of aromatic nitrogens is 2. The number of hydrogen-bond acceptors (Lipinski definition) is 5. The van der Waals surface area contributed by atoms with Gasteiger partial charge in [0.1, 0.15) is 5.82 Å². The normalized spacial score (nSPS) is 10.7. The van der Waals surface area contributed by atoms with E-state index < -0.39 is 16.6 Å². The lowest BCUT2D eigenvalue weighted by atomic mass is 10.1. The van der Waals surface area contributed by atoms with Crippen molar-refractivity contribution >= 4 is 23.2 Å². The highest BCUT2D eigenvalue weighted by molar-refractivity contribution is 5.94. The van der Waals surface area contributed by atoms with Crippen molar-refractivity contribution in [3.05, 3.63) is 69.7 Å². The molecule has 26 heavy (non-hydrogen) atoms. The molecule has 3 aromatic rings. The monoisotopic (exact) mass is 357 g/mol. The van der Waals surface area contributed by atoms with E-state index in [1.807, 2.05) is 0 Å². The molecule has 2 N–H and O–H groups in total. The minimum atomic E-state index is -0.518. The molecule has 9 heteroatoms. The largest absolute Gasteiger partial charge is 0.372 e. The van der Waals surface area contributed by atoms with Gasteiger partial charge in [0.05, 0.1) is 6.20 Å². The summed E-state index contributed by atoms with van der Waals surface area (Å²) in [6, 6.07) is 9.30. The van der Waals surface area contributed by atoms with Crippen LogP contribution in [-0.4, -0.2) is 33.3 Å². The van der Waals surface area contributed by atoms with E-state index in [1.54, 1.807) is 31.3 Å². The van der Waals surface area contributed by atoms with Crippen molar-refractivity contribution in [1.29, 1.82) is 0 Å². The average Bonchev–Trinajstić information content (AvgIpc) is 2.99. The van der Waals surface area contributed by atoms with E-state index in [2.05, 4.69) is 15.6 Å². The zero-order chi connectivity index (χ0) is 18.7. The third-order valence-corrected chi connectivity index (χ3v) is 3.81. The summed E-state index contributed by atoms with van der Waals surface area (Å²) in [7, 11) is 0. The summed E-state index contributed by atoms with van der Waals surface area (Å²) >= 11 is 0. The number of carbonyl (C=O) groups is 1. The van der Waals surface area contributed by atoms with Gasteiger partial charge in [-0.1, -0.05) is 12.1 Å². The number of nitrogens with zero attached hydrogens (tertiary/aromatic N) is 3. The number of imidazole rings is 1. The number of benzene rings is 1. The molecule has 0 bridgehead atoms. The van der Waals surface area contributed by atoms with Crippen molar-refractivity contribution in [3.63, 3.8) is 0 Å². The van der Waals surface area contributed by atoms with Gasteiger partial charge in [-0.15, -0.1) is 0 Å². The maximum Gasteiger partial charge on any atom is 0.372 e. The van der Waals surface area contributed by atoms with Gasteiger partial charge in [-0.25, -0.2) is 4.39 Å². The van der Waals surface area contributed by atoms with E-state index in [0.717, 1.165) is 0 Å². The summed E-state index contributed by atoms with van der Waals surface area (Å²) in [4.78, 5) is 26.9. The molecule has 0 unspecified atom stereocenters. The minimum Gasteiger partial charge on any atom is -0.361 e. The second kappa shape index (κ2) is 7.18. The molecule has 3 rings (SSSR count). The average molecular weight is 357 g/mol. The van der Waals surface area contributed by atoms with Gasteiger partial charge in [0, 0.05) is 24.7 Å². The maximum atomic E-state index is 13.5. The Morgan fingerprint density at radius 1 is 1.31 bits per heavy atom. The van der Waals surface area contributed by atoms with Crippen molar-refractivity contribution in [2.45, 2.75) is 6.92 Å². The molecule has 8 nitrogen and oxygen atoms in total. The number of nitrogens with one attached hydrogen (secondary N) is 2. The summed E-state index contributed by atoms with van der Waals surface area (Å²) in [5, 5.41) is 16.8. The van der Waals surface area contributed by atoms with Gasteiger partial charge in [-0.3, -0.25) is 4.79 Å². The lowest BCUT2D eigenvalue weighted by molar-refractivity contribution is -0.389. The Balaban J connectivity index is 1.62. The van der Waals surface area contributed by atoms with Gasteiger partial charge in [0.2, 0.25) is 11.5 Å². The molecule has 0 aliphatic carbocycles. The van der Waals surface area contributed by atoms with Gasteiger partial charge in [0.25, 0.3) is 5.91 Å². The number of anilines is 1. The van der Waals surface area contributed by atoms with E-state index in [0.29, 0.717) is 11.2 Å². The predicted octanol–water partition coefficient (Wildman–Crippen LogP) is 2.53. The first kappa shape index (κ1) is 17.3. The van der Waals surface area contributed by atoms with Crippen LogP contribution in [0.4, 0.5) is 16.0 Å². The molecule has 134 valence electrons. The van der Waals surface area contributed by atoms with E-state index in [-0.39, 0.29) is 30.3 Å². The maximum absolute atomic E-state index is 13.5. The van der Waals surface area contributed by atoms with Crippen LogP contribution in [0, 0.1) is 22.9 Å². The number of hydrogen-bond donors (Lipinski definition) is 2. The number of fused-ring (bicyclic) bond motifs is 1. The molecule has 2 aromatic heterocycles. The van der Waals surface area contributed by atoms with Crippen LogP contribution in [0.25, 0.3) is 5.65 Å². The number of carbonyl (C=O) groups excluding carboxylic acids is 1. The lowest BCUT2D eigenvalue weighted by Crippen LogP contribution is -2.29. The van der Waals surface area contributed by atoms with Crippen molar-refractivity contribution in [2.24, 2.45) is 0 Å². The minimum absolute atomic E-state index is 0.122. The SMILES string of the molecule is Cc1ccc(C(=O)NCCNc2nc3ccccn3c2[N+](=O)[O-])cc1F. The first-order valence-electron chi connectivity index (χ1n) is 7.87. The van der Waals surface area contributed by atoms with Gasteiger partial charge < -0.3 is 20.7 Å². The molecule has 0 aliphatic heterocycles. The molecule has 0 fully saturated rings. The highest BCUT2D eigenvalue weighted by Gasteiger charge is 2.21. The third-order valence-electron chi connectivity index (χ3n) is 3.81. The molecular weight excluding hydrogens is 341 g/mol. The summed E-state index contributed by atoms with van der Waals surface area (Å²) < 4.78 is 14.9. The fourth-order valence-electron chi connectivity index (χ4n) is 2.47. The smallest absolute Gasteiger partial charge is 0.361 e. The topological polar surface area (TPSA) is 102 Å². The molecule has 1 amide bonds. The number of aryl methyl sites for hydroxylation is 1. The van der Waals surface area contributed by atoms with Crippen molar-refractivity contribution in [3.8, 4) is 0 Å². The number of halogens is 1. The van der Waals surface area contributed by atoms with Crippen LogP contribution in [-0.2, 0) is 0 Å². The molecule has 0 saturated carbocycles. The first-order valence-corrected chi connectivity index (χ1v) is 7.87. The molecule has 0 radical (unpaired) electrons. The first-order chi connectivity index (χ1) is 12.5. The molecular formula is C17H16FN5O3. The summed E-state index contributed by atoms with van der Waals surface area (Å²) in [5.41, 5.74) is 1.12. The molecule has 0 aliphatic rings. The van der Waals surface area contributed by atoms with Gasteiger partial charge in [-0.05, 0) is 35.6 Å². The Kier molecular flexibility index (Phi) is 4.78. The van der Waals surface area contributed by atoms with Crippen LogP contribution in [0.15, 0.2) is 42.6 Å². The molecule has 1 aromatic carbocycles.